The number of carbonyl (C=O) groups excluding carboxylic acids is 1. The summed E-state index contributed by atoms with van der Waals surface area (Å²) in [6.07, 6.45) is 0. The quantitative estimate of drug-likeness (QED) is 0.533. The van der Waals surface area contributed by atoms with Crippen molar-refractivity contribution >= 4 is 45.5 Å². The number of aromatic amines is 1. The smallest absolute Gasteiger partial charge is 0.263 e. The lowest BCUT2D eigenvalue weighted by Gasteiger charge is -2.55. The number of aromatic nitrogens is 1. The van der Waals surface area contributed by atoms with Gasteiger partial charge in [-0.25, -0.2) is 4.99 Å². The van der Waals surface area contributed by atoms with Crippen molar-refractivity contribution in [2.24, 2.45) is 15.6 Å². The average molecular weight is 450 g/mol. The van der Waals surface area contributed by atoms with Gasteiger partial charge in [0.15, 0.2) is 12.5 Å². The van der Waals surface area contributed by atoms with Gasteiger partial charge in [0.05, 0.1) is 11.3 Å². The molecule has 3 aliphatic heterocycles. The Morgan fingerprint density at radius 2 is 2.06 bits per heavy atom. The molecular weight excluding hydrogens is 430 g/mol. The van der Waals surface area contributed by atoms with E-state index in [-0.39, 0.29) is 23.8 Å². The molecule has 8 nitrogen and oxygen atoms in total. The zero-order valence-electron chi connectivity index (χ0n) is 17.1. The second-order valence-corrected chi connectivity index (χ2v) is 9.02. The molecule has 162 valence electrons. The van der Waals surface area contributed by atoms with Gasteiger partial charge in [-0.2, -0.15) is 0 Å². The Morgan fingerprint density at radius 3 is 2.84 bits per heavy atom. The van der Waals surface area contributed by atoms with Crippen LogP contribution in [0.15, 0.2) is 52.6 Å². The largest absolute Gasteiger partial charge is 0.494 e. The maximum absolute atomic E-state index is 12.5. The van der Waals surface area contributed by atoms with E-state index >= 15 is 0 Å². The summed E-state index contributed by atoms with van der Waals surface area (Å²) >= 11 is 6.20. The normalized spacial score (nSPS) is 19.6. The van der Waals surface area contributed by atoms with Crippen LogP contribution in [-0.4, -0.2) is 65.1 Å². The number of aromatic hydroxyl groups is 1. The van der Waals surface area contributed by atoms with Crippen molar-refractivity contribution in [2.45, 2.75) is 0 Å². The van der Waals surface area contributed by atoms with E-state index in [1.165, 1.54) is 0 Å². The number of amides is 1. The summed E-state index contributed by atoms with van der Waals surface area (Å²) in [5, 5.41) is 19.5. The number of carbonyl (C=O) groups is 1. The van der Waals surface area contributed by atoms with E-state index in [2.05, 4.69) is 15.5 Å². The van der Waals surface area contributed by atoms with Crippen molar-refractivity contribution in [3.8, 4) is 5.88 Å². The molecule has 4 heterocycles. The van der Waals surface area contributed by atoms with Crippen molar-refractivity contribution in [3.05, 3.63) is 58.6 Å². The molecule has 3 aliphatic rings. The molecule has 0 atom stereocenters. The number of H-pyrrole nitrogens is 1. The molecular formula is C23H20ClN5O3. The number of para-hydroxylation sites is 1. The van der Waals surface area contributed by atoms with Gasteiger partial charge in [-0.05, 0) is 24.3 Å². The van der Waals surface area contributed by atoms with Crippen LogP contribution < -0.4 is 5.32 Å². The molecule has 2 aromatic carbocycles. The van der Waals surface area contributed by atoms with Crippen molar-refractivity contribution in [1.29, 1.82) is 0 Å². The Bertz CT molecular complexity index is 1320. The molecule has 0 bridgehead atoms. The highest BCUT2D eigenvalue weighted by Gasteiger charge is 2.49. The van der Waals surface area contributed by atoms with Crippen molar-refractivity contribution < 1.29 is 14.7 Å². The highest BCUT2D eigenvalue weighted by molar-refractivity contribution is 6.58. The third-order valence-corrected chi connectivity index (χ3v) is 6.58. The molecule has 9 heteroatoms. The highest BCUT2D eigenvalue weighted by Crippen LogP contribution is 2.37. The molecule has 3 aromatic rings. The first-order chi connectivity index (χ1) is 15.5. The Balaban J connectivity index is 1.29. The third-order valence-electron chi connectivity index (χ3n) is 6.34. The van der Waals surface area contributed by atoms with Gasteiger partial charge >= 0.3 is 0 Å². The molecule has 2 saturated heterocycles. The maximum atomic E-state index is 12.5. The number of rotatable bonds is 4. The van der Waals surface area contributed by atoms with Crippen LogP contribution in [0.2, 0.25) is 5.02 Å². The highest BCUT2D eigenvalue weighted by atomic mass is 35.5. The van der Waals surface area contributed by atoms with Crippen molar-refractivity contribution in [3.63, 3.8) is 0 Å². The average Bonchev–Trinajstić information content (AvgIpc) is 3.22. The fourth-order valence-electron chi connectivity index (χ4n) is 4.61. The molecule has 3 N–H and O–H groups in total. The minimum Gasteiger partial charge on any atom is -0.494 e. The Hall–Kier alpha value is -3.36. The fourth-order valence-corrected chi connectivity index (χ4v) is 4.79. The van der Waals surface area contributed by atoms with Crippen LogP contribution in [0.5, 0.6) is 5.88 Å². The Kier molecular flexibility index (Phi) is 4.28. The zero-order chi connectivity index (χ0) is 21.9. The van der Waals surface area contributed by atoms with E-state index in [0.717, 1.165) is 42.6 Å². The van der Waals surface area contributed by atoms with Crippen LogP contribution in [0, 0.1) is 5.41 Å². The summed E-state index contributed by atoms with van der Waals surface area (Å²) in [4.78, 5) is 27.4. The van der Waals surface area contributed by atoms with Crippen LogP contribution >= 0.6 is 11.6 Å². The number of nitrogens with one attached hydrogen (secondary N) is 2. The number of halogens is 1. The number of fused-ring (bicyclic) bond motifs is 2. The molecule has 0 aliphatic carbocycles. The van der Waals surface area contributed by atoms with Crippen LogP contribution in [0.3, 0.4) is 0 Å². The fraction of sp³-hybridized carbons (Fsp3) is 0.261. The number of oxime groups is 1. The van der Waals surface area contributed by atoms with Crippen LogP contribution in [0.1, 0.15) is 11.1 Å². The lowest BCUT2D eigenvalue weighted by atomic mass is 9.74. The number of likely N-dealkylation sites (tertiary alicyclic amines) is 1. The summed E-state index contributed by atoms with van der Waals surface area (Å²) in [6.45, 7) is 3.31. The molecule has 1 aromatic heterocycles. The van der Waals surface area contributed by atoms with Gasteiger partial charge in [-0.1, -0.05) is 35.0 Å². The molecule has 0 radical (unpaired) electrons. The minimum atomic E-state index is -0.145. The molecule has 1 amide bonds. The summed E-state index contributed by atoms with van der Waals surface area (Å²) in [6, 6.07) is 12.8. The zero-order valence-corrected chi connectivity index (χ0v) is 17.8. The number of nitrogens with zero attached hydrogens (tertiary/aromatic N) is 3. The molecule has 32 heavy (non-hydrogen) atoms. The predicted molar refractivity (Wildman–Crippen MR) is 122 cm³/mol. The van der Waals surface area contributed by atoms with Gasteiger partial charge in [0, 0.05) is 53.1 Å². The first-order valence-corrected chi connectivity index (χ1v) is 10.8. The van der Waals surface area contributed by atoms with Crippen LogP contribution in [-0.2, 0) is 9.63 Å². The van der Waals surface area contributed by atoms with Gasteiger partial charge in [0.25, 0.3) is 5.91 Å². The van der Waals surface area contributed by atoms with Crippen LogP contribution in [0.4, 0.5) is 5.69 Å². The first kappa shape index (κ1) is 19.3. The van der Waals surface area contributed by atoms with Crippen molar-refractivity contribution in [1.82, 2.24) is 15.2 Å². The molecule has 2 fully saturated rings. The molecule has 0 unspecified atom stereocenters. The van der Waals surface area contributed by atoms with E-state index in [0.29, 0.717) is 27.7 Å². The number of benzene rings is 2. The van der Waals surface area contributed by atoms with Gasteiger partial charge in [0.2, 0.25) is 0 Å². The van der Waals surface area contributed by atoms with Gasteiger partial charge in [0.1, 0.15) is 11.4 Å². The van der Waals surface area contributed by atoms with Crippen molar-refractivity contribution in [2.75, 3.05) is 32.8 Å². The van der Waals surface area contributed by atoms with E-state index in [1.807, 2.05) is 24.3 Å². The second-order valence-electron chi connectivity index (χ2n) is 8.58. The van der Waals surface area contributed by atoms with Gasteiger partial charge in [-0.3, -0.25) is 4.79 Å². The van der Waals surface area contributed by atoms with E-state index in [1.54, 1.807) is 23.1 Å². The number of hydrogen-bond donors (Lipinski definition) is 3. The third kappa shape index (κ3) is 2.98. The Labute approximate surface area is 188 Å². The summed E-state index contributed by atoms with van der Waals surface area (Å²) < 4.78 is 0. The van der Waals surface area contributed by atoms with Gasteiger partial charge in [-0.15, -0.1) is 0 Å². The van der Waals surface area contributed by atoms with Gasteiger partial charge < -0.3 is 25.1 Å². The molecule has 1 spiro atoms. The SMILES string of the molecule is O=C(CO/N=C1/C(c2c(O)[nH]c3ccc(Cl)cc23)=Nc2ccccc21)N1CC2(CNC2)C1. The summed E-state index contributed by atoms with van der Waals surface area (Å²) in [5.41, 5.74) is 3.91. The topological polar surface area (TPSA) is 102 Å². The number of aliphatic imine (C=N–C) groups is 1. The lowest BCUT2D eigenvalue weighted by Crippen LogP contribution is -2.72. The molecule has 6 rings (SSSR count). The monoisotopic (exact) mass is 449 g/mol. The first-order valence-electron chi connectivity index (χ1n) is 10.4. The predicted octanol–water partition coefficient (Wildman–Crippen LogP) is 2.81. The maximum Gasteiger partial charge on any atom is 0.263 e. The molecule has 0 saturated carbocycles. The number of hydrogen-bond acceptors (Lipinski definition) is 6. The standard InChI is InChI=1S/C23H20ClN5O3/c24-13-5-6-17-15(7-13)19(22(31)27-17)21-20(14-3-1-2-4-16(14)26-21)28-32-8-18(30)29-11-23(12-29)9-25-10-23/h1-7,25,27,31H,8-12H2/b28-20+. The Morgan fingerprint density at radius 1 is 1.25 bits per heavy atom. The second kappa shape index (κ2) is 7.08. The summed E-state index contributed by atoms with van der Waals surface area (Å²) in [5.74, 6) is -0.115. The summed E-state index contributed by atoms with van der Waals surface area (Å²) in [7, 11) is 0. The van der Waals surface area contributed by atoms with E-state index < -0.39 is 0 Å². The van der Waals surface area contributed by atoms with E-state index in [4.69, 9.17) is 21.4 Å². The van der Waals surface area contributed by atoms with Crippen LogP contribution in [0.25, 0.3) is 10.9 Å². The lowest BCUT2D eigenvalue weighted by molar-refractivity contribution is -0.151. The van der Waals surface area contributed by atoms with E-state index in [9.17, 15) is 9.90 Å². The minimum absolute atomic E-state index is 0.0300.